The Labute approximate surface area is 168 Å². The van der Waals surface area contributed by atoms with Crippen LogP contribution in [0.25, 0.3) is 0 Å². The summed E-state index contributed by atoms with van der Waals surface area (Å²) < 4.78 is 32.2. The van der Waals surface area contributed by atoms with Crippen molar-refractivity contribution in [2.45, 2.75) is 37.6 Å². The standard InChI is InChI=1S/C19H22N2O5S2/c1-3-26-19(23)15-10-12-27-18(15)20-17(22)16-5-4-11-21(16)28(24,25)14-8-6-13(2)7-9-14/h6-10,12,16H,3-5,11H2,1-2H3,(H,20,22). The molecule has 1 saturated heterocycles. The second-order valence-electron chi connectivity index (χ2n) is 6.46. The number of ether oxygens (including phenoxy) is 1. The molecule has 1 aromatic heterocycles. The fraction of sp³-hybridized carbons (Fsp3) is 0.368. The van der Waals surface area contributed by atoms with Gasteiger partial charge in [0.2, 0.25) is 15.9 Å². The summed E-state index contributed by atoms with van der Waals surface area (Å²) in [5, 5.41) is 4.75. The van der Waals surface area contributed by atoms with Gasteiger partial charge in [0, 0.05) is 6.54 Å². The summed E-state index contributed by atoms with van der Waals surface area (Å²) in [5.74, 6) is -0.962. The molecule has 0 spiro atoms. The fourth-order valence-corrected chi connectivity index (χ4v) is 5.54. The number of nitrogens with one attached hydrogen (secondary N) is 1. The number of anilines is 1. The van der Waals surface area contributed by atoms with E-state index in [0.717, 1.165) is 5.56 Å². The molecule has 3 rings (SSSR count). The van der Waals surface area contributed by atoms with E-state index in [-0.39, 0.29) is 23.6 Å². The number of thiophene rings is 1. The number of carbonyl (C=O) groups excluding carboxylic acids is 2. The molecule has 1 atom stereocenters. The Morgan fingerprint density at radius 1 is 1.25 bits per heavy atom. The van der Waals surface area contributed by atoms with Gasteiger partial charge in [-0.1, -0.05) is 17.7 Å². The highest BCUT2D eigenvalue weighted by molar-refractivity contribution is 7.89. The SMILES string of the molecule is CCOC(=O)c1ccsc1NC(=O)C1CCCN1S(=O)(=O)c1ccc(C)cc1. The third-order valence-electron chi connectivity index (χ3n) is 4.53. The molecule has 2 aromatic rings. The van der Waals surface area contributed by atoms with Gasteiger partial charge in [0.1, 0.15) is 11.0 Å². The van der Waals surface area contributed by atoms with Gasteiger partial charge >= 0.3 is 5.97 Å². The van der Waals surface area contributed by atoms with Gasteiger partial charge in [0.25, 0.3) is 0 Å². The van der Waals surface area contributed by atoms with E-state index in [4.69, 9.17) is 4.74 Å². The number of rotatable bonds is 6. The highest BCUT2D eigenvalue weighted by Gasteiger charge is 2.39. The molecule has 1 aliphatic heterocycles. The summed E-state index contributed by atoms with van der Waals surface area (Å²) in [4.78, 5) is 25.0. The maximum absolute atomic E-state index is 13.0. The van der Waals surface area contributed by atoms with Crippen molar-refractivity contribution >= 4 is 38.2 Å². The lowest BCUT2D eigenvalue weighted by atomic mass is 10.2. The molecule has 150 valence electrons. The Morgan fingerprint density at radius 2 is 1.96 bits per heavy atom. The van der Waals surface area contributed by atoms with Crippen LogP contribution < -0.4 is 5.32 Å². The molecule has 9 heteroatoms. The molecule has 7 nitrogen and oxygen atoms in total. The van der Waals surface area contributed by atoms with Crippen LogP contribution in [0.3, 0.4) is 0 Å². The van der Waals surface area contributed by atoms with Crippen molar-refractivity contribution in [3.63, 3.8) is 0 Å². The first-order chi connectivity index (χ1) is 13.3. The zero-order valence-corrected chi connectivity index (χ0v) is 17.3. The number of amides is 1. The molecule has 1 amide bonds. The smallest absolute Gasteiger partial charge is 0.341 e. The van der Waals surface area contributed by atoms with Crippen molar-refractivity contribution in [3.05, 3.63) is 46.8 Å². The van der Waals surface area contributed by atoms with E-state index in [0.29, 0.717) is 17.8 Å². The molecular formula is C19H22N2O5S2. The minimum atomic E-state index is -3.78. The van der Waals surface area contributed by atoms with E-state index in [1.54, 1.807) is 42.6 Å². The van der Waals surface area contributed by atoms with Crippen molar-refractivity contribution in [1.82, 2.24) is 4.31 Å². The van der Waals surface area contributed by atoms with Gasteiger partial charge < -0.3 is 10.1 Å². The molecule has 0 saturated carbocycles. The lowest BCUT2D eigenvalue weighted by Crippen LogP contribution is -2.43. The van der Waals surface area contributed by atoms with Gasteiger partial charge in [0.05, 0.1) is 17.1 Å². The highest BCUT2D eigenvalue weighted by Crippen LogP contribution is 2.29. The third kappa shape index (κ3) is 4.11. The first kappa shape index (κ1) is 20.5. The van der Waals surface area contributed by atoms with Gasteiger partial charge in [-0.3, -0.25) is 4.79 Å². The predicted octanol–water partition coefficient (Wildman–Crippen LogP) is 3.03. The summed E-state index contributed by atoms with van der Waals surface area (Å²) in [6.07, 6.45) is 1.02. The van der Waals surface area contributed by atoms with E-state index in [9.17, 15) is 18.0 Å². The molecule has 1 aliphatic rings. The van der Waals surface area contributed by atoms with Crippen LogP contribution in [0, 0.1) is 6.92 Å². The van der Waals surface area contributed by atoms with Gasteiger partial charge in [-0.15, -0.1) is 11.3 Å². The van der Waals surface area contributed by atoms with E-state index in [1.165, 1.54) is 15.6 Å². The first-order valence-electron chi connectivity index (χ1n) is 8.98. The average molecular weight is 423 g/mol. The fourth-order valence-electron chi connectivity index (χ4n) is 3.11. The Bertz CT molecular complexity index is 966. The Morgan fingerprint density at radius 3 is 2.64 bits per heavy atom. The molecule has 0 bridgehead atoms. The van der Waals surface area contributed by atoms with Crippen molar-refractivity contribution < 1.29 is 22.7 Å². The third-order valence-corrected chi connectivity index (χ3v) is 7.28. The number of esters is 1. The summed E-state index contributed by atoms with van der Waals surface area (Å²) in [7, 11) is -3.78. The maximum atomic E-state index is 13.0. The number of nitrogens with zero attached hydrogens (tertiary/aromatic N) is 1. The van der Waals surface area contributed by atoms with Crippen LogP contribution in [0.5, 0.6) is 0 Å². The Kier molecular flexibility index (Phi) is 6.17. The lowest BCUT2D eigenvalue weighted by molar-refractivity contribution is -0.119. The minimum absolute atomic E-state index is 0.168. The van der Waals surface area contributed by atoms with Gasteiger partial charge in [0.15, 0.2) is 0 Å². The van der Waals surface area contributed by atoms with E-state index in [2.05, 4.69) is 5.32 Å². The minimum Gasteiger partial charge on any atom is -0.462 e. The zero-order chi connectivity index (χ0) is 20.3. The normalized spacial score (nSPS) is 17.4. The maximum Gasteiger partial charge on any atom is 0.341 e. The molecule has 28 heavy (non-hydrogen) atoms. The Hall–Kier alpha value is -2.23. The van der Waals surface area contributed by atoms with Crippen LogP contribution >= 0.6 is 11.3 Å². The summed E-state index contributed by atoms with van der Waals surface area (Å²) >= 11 is 1.20. The number of sulfonamides is 1. The second-order valence-corrected chi connectivity index (χ2v) is 9.27. The summed E-state index contributed by atoms with van der Waals surface area (Å²) in [6, 6.07) is 7.33. The van der Waals surface area contributed by atoms with E-state index in [1.807, 2.05) is 6.92 Å². The van der Waals surface area contributed by atoms with E-state index >= 15 is 0 Å². The van der Waals surface area contributed by atoms with Crippen LogP contribution in [0.15, 0.2) is 40.6 Å². The van der Waals surface area contributed by atoms with Crippen LogP contribution in [0.2, 0.25) is 0 Å². The average Bonchev–Trinajstić information content (AvgIpc) is 3.32. The zero-order valence-electron chi connectivity index (χ0n) is 15.7. The quantitative estimate of drug-likeness (QED) is 0.723. The molecule has 1 aromatic carbocycles. The van der Waals surface area contributed by atoms with Crippen LogP contribution in [0.4, 0.5) is 5.00 Å². The predicted molar refractivity (Wildman–Crippen MR) is 107 cm³/mol. The van der Waals surface area contributed by atoms with Crippen molar-refractivity contribution in [1.29, 1.82) is 0 Å². The van der Waals surface area contributed by atoms with Gasteiger partial charge in [-0.2, -0.15) is 4.31 Å². The van der Waals surface area contributed by atoms with Crippen molar-refractivity contribution in [2.75, 3.05) is 18.5 Å². The molecule has 1 N–H and O–H groups in total. The van der Waals surface area contributed by atoms with Crippen LogP contribution in [0.1, 0.15) is 35.7 Å². The van der Waals surface area contributed by atoms with Gasteiger partial charge in [-0.05, 0) is 50.3 Å². The number of hydrogen-bond acceptors (Lipinski definition) is 6. The van der Waals surface area contributed by atoms with Crippen molar-refractivity contribution in [3.8, 4) is 0 Å². The monoisotopic (exact) mass is 422 g/mol. The molecule has 1 fully saturated rings. The molecule has 1 unspecified atom stereocenters. The van der Waals surface area contributed by atoms with Crippen LogP contribution in [-0.2, 0) is 19.6 Å². The number of benzene rings is 1. The number of hydrogen-bond donors (Lipinski definition) is 1. The first-order valence-corrected chi connectivity index (χ1v) is 11.3. The highest BCUT2D eigenvalue weighted by atomic mass is 32.2. The molecule has 0 radical (unpaired) electrons. The van der Waals surface area contributed by atoms with E-state index < -0.39 is 27.9 Å². The lowest BCUT2D eigenvalue weighted by Gasteiger charge is -2.23. The molecular weight excluding hydrogens is 400 g/mol. The number of carbonyl (C=O) groups is 2. The Balaban J connectivity index is 1.80. The largest absolute Gasteiger partial charge is 0.462 e. The topological polar surface area (TPSA) is 92.8 Å². The molecule has 0 aliphatic carbocycles. The summed E-state index contributed by atoms with van der Waals surface area (Å²) in [6.45, 7) is 4.09. The number of aryl methyl sites for hydroxylation is 1. The van der Waals surface area contributed by atoms with Crippen molar-refractivity contribution in [2.24, 2.45) is 0 Å². The summed E-state index contributed by atoms with van der Waals surface area (Å²) in [5.41, 5.74) is 1.23. The second kappa shape index (κ2) is 8.42. The van der Waals surface area contributed by atoms with Crippen LogP contribution in [-0.4, -0.2) is 43.8 Å². The van der Waals surface area contributed by atoms with Gasteiger partial charge in [-0.25, -0.2) is 13.2 Å². The molecule has 2 heterocycles.